The number of carbonyl (C=O) groups is 4. The SMILES string of the molecule is COC(=O)N[C@H](C(=O)N1CCCC1c1nc2ccc(CN(Cc3ccc(NC(=O)C4CCCN4C(=O)OCC4c5ccccc5-c5ccccc54)cc3)c3ccc(F)cc3)cc2[nH]1)C(C)(C)O. The van der Waals surface area contributed by atoms with Crippen LogP contribution >= 0.6 is 0 Å². The molecule has 3 atom stereocenters. The van der Waals surface area contributed by atoms with Crippen molar-refractivity contribution in [1.29, 1.82) is 0 Å². The molecule has 2 unspecified atom stereocenters. The standard InChI is InChI=1S/C52H54FN7O7/c1-52(2,65)46(57-50(63)66-3)49(62)59-26-8-14-44(59)47-55-42-25-18-33(28-43(42)56-47)30-58(36-23-19-34(53)20-24-36)29-32-16-21-35(22-17-32)54-48(61)45-15-9-27-60(45)51(64)67-31-41-39-12-6-4-10-37(39)38-11-5-7-13-40(38)41/h4-7,10-13,16-25,28,41,44-46,65H,8-9,14-15,26-27,29-31H2,1-3H3,(H,54,61)(H,55,56)(H,57,63)/t44?,45?,46-/m1/s1. The molecule has 346 valence electrons. The summed E-state index contributed by atoms with van der Waals surface area (Å²) in [6, 6.07) is 33.9. The number of likely N-dealkylation sites (tertiary alicyclic amines) is 2. The van der Waals surface area contributed by atoms with Gasteiger partial charge in [0, 0.05) is 43.5 Å². The third-order valence-electron chi connectivity index (χ3n) is 13.1. The molecule has 0 spiro atoms. The topological polar surface area (TPSA) is 169 Å². The molecule has 0 radical (unpaired) electrons. The zero-order valence-electron chi connectivity index (χ0n) is 37.7. The number of ether oxygens (including phenoxy) is 2. The highest BCUT2D eigenvalue weighted by Crippen LogP contribution is 2.44. The van der Waals surface area contributed by atoms with Crippen LogP contribution in [0.3, 0.4) is 0 Å². The average molecular weight is 908 g/mol. The van der Waals surface area contributed by atoms with E-state index in [1.165, 1.54) is 38.0 Å². The first-order valence-corrected chi connectivity index (χ1v) is 22.7. The van der Waals surface area contributed by atoms with Gasteiger partial charge in [-0.25, -0.2) is 19.0 Å². The molecule has 15 heteroatoms. The molecule has 67 heavy (non-hydrogen) atoms. The molecule has 9 rings (SSSR count). The summed E-state index contributed by atoms with van der Waals surface area (Å²) in [5, 5.41) is 16.3. The highest BCUT2D eigenvalue weighted by atomic mass is 19.1. The number of H-pyrrole nitrogens is 1. The Kier molecular flexibility index (Phi) is 12.7. The first-order chi connectivity index (χ1) is 32.3. The van der Waals surface area contributed by atoms with Gasteiger partial charge in [0.25, 0.3) is 0 Å². The van der Waals surface area contributed by atoms with Crippen LogP contribution < -0.4 is 15.5 Å². The Hall–Kier alpha value is -7.26. The minimum atomic E-state index is -1.55. The number of aliphatic hydroxyl groups is 1. The van der Waals surface area contributed by atoms with Crippen LogP contribution in [0.2, 0.25) is 0 Å². The van der Waals surface area contributed by atoms with E-state index >= 15 is 0 Å². The van der Waals surface area contributed by atoms with Crippen molar-refractivity contribution >= 4 is 46.4 Å². The lowest BCUT2D eigenvalue weighted by Crippen LogP contribution is -2.58. The van der Waals surface area contributed by atoms with Gasteiger partial charge in [0.05, 0.1) is 29.8 Å². The van der Waals surface area contributed by atoms with Crippen LogP contribution in [0, 0.1) is 5.82 Å². The molecule has 3 heterocycles. The minimum Gasteiger partial charge on any atom is -0.453 e. The Morgan fingerprint density at radius 3 is 2.18 bits per heavy atom. The van der Waals surface area contributed by atoms with Gasteiger partial charge in [0.15, 0.2) is 0 Å². The number of benzene rings is 5. The maximum atomic E-state index is 14.1. The first-order valence-electron chi connectivity index (χ1n) is 22.7. The Bertz CT molecular complexity index is 2740. The van der Waals surface area contributed by atoms with Gasteiger partial charge in [-0.05, 0) is 121 Å². The lowest BCUT2D eigenvalue weighted by molar-refractivity contribution is -0.140. The number of aromatic nitrogens is 2. The van der Waals surface area contributed by atoms with Crippen LogP contribution in [0.5, 0.6) is 0 Å². The highest BCUT2D eigenvalue weighted by Gasteiger charge is 2.43. The molecule has 4 amide bonds. The number of hydrogen-bond acceptors (Lipinski definition) is 9. The third-order valence-corrected chi connectivity index (χ3v) is 13.1. The number of imidazole rings is 1. The van der Waals surface area contributed by atoms with Crippen LogP contribution in [-0.2, 0) is 32.2 Å². The van der Waals surface area contributed by atoms with Gasteiger partial charge in [-0.2, -0.15) is 0 Å². The highest BCUT2D eigenvalue weighted by molar-refractivity contribution is 5.97. The second-order valence-corrected chi connectivity index (χ2v) is 18.1. The lowest BCUT2D eigenvalue weighted by atomic mass is 9.97. The summed E-state index contributed by atoms with van der Waals surface area (Å²) in [6.45, 7) is 4.90. The molecule has 0 saturated carbocycles. The molecule has 1 aliphatic carbocycles. The molecule has 2 saturated heterocycles. The van der Waals surface area contributed by atoms with Crippen molar-refractivity contribution in [2.75, 3.05) is 37.0 Å². The van der Waals surface area contributed by atoms with Crippen LogP contribution in [0.25, 0.3) is 22.2 Å². The number of aromatic amines is 1. The van der Waals surface area contributed by atoms with E-state index in [0.717, 1.165) is 56.5 Å². The van der Waals surface area contributed by atoms with E-state index in [4.69, 9.17) is 14.5 Å². The van der Waals surface area contributed by atoms with Gasteiger partial charge in [-0.1, -0.05) is 66.7 Å². The van der Waals surface area contributed by atoms with Crippen LogP contribution in [0.15, 0.2) is 115 Å². The number of hydrogen-bond donors (Lipinski definition) is 4. The van der Waals surface area contributed by atoms with Gasteiger partial charge >= 0.3 is 12.2 Å². The van der Waals surface area contributed by atoms with Crippen molar-refractivity contribution in [2.45, 2.75) is 82.3 Å². The van der Waals surface area contributed by atoms with E-state index in [1.54, 1.807) is 17.0 Å². The molecule has 3 aliphatic rings. The van der Waals surface area contributed by atoms with Gasteiger partial charge in [0.1, 0.15) is 30.3 Å². The molecule has 4 N–H and O–H groups in total. The molecule has 2 aliphatic heterocycles. The molecular weight excluding hydrogens is 854 g/mol. The van der Waals surface area contributed by atoms with E-state index in [1.807, 2.05) is 66.7 Å². The van der Waals surface area contributed by atoms with Crippen molar-refractivity contribution in [1.82, 2.24) is 25.1 Å². The Labute approximate surface area is 388 Å². The molecule has 14 nitrogen and oxygen atoms in total. The van der Waals surface area contributed by atoms with E-state index in [2.05, 4.69) is 44.8 Å². The second kappa shape index (κ2) is 18.9. The van der Waals surface area contributed by atoms with Gasteiger partial charge in [-0.15, -0.1) is 0 Å². The van der Waals surface area contributed by atoms with Gasteiger partial charge in [0.2, 0.25) is 11.8 Å². The summed E-state index contributed by atoms with van der Waals surface area (Å²) in [5.74, 6) is -0.523. The molecule has 2 fully saturated rings. The van der Waals surface area contributed by atoms with Crippen molar-refractivity contribution in [3.05, 3.63) is 149 Å². The van der Waals surface area contributed by atoms with Crippen molar-refractivity contribution < 1.29 is 38.1 Å². The summed E-state index contributed by atoms with van der Waals surface area (Å²) in [6.07, 6.45) is 1.28. The third kappa shape index (κ3) is 9.55. The number of amides is 4. The smallest absolute Gasteiger partial charge is 0.410 e. The zero-order valence-corrected chi connectivity index (χ0v) is 37.7. The number of nitrogens with zero attached hydrogens (tertiary/aromatic N) is 4. The summed E-state index contributed by atoms with van der Waals surface area (Å²) >= 11 is 0. The molecule has 5 aromatic carbocycles. The average Bonchev–Trinajstić information content (AvgIpc) is 4.15. The molecular formula is C52H54FN7O7. The molecule has 0 bridgehead atoms. The van der Waals surface area contributed by atoms with Crippen molar-refractivity contribution in [3.63, 3.8) is 0 Å². The summed E-state index contributed by atoms with van der Waals surface area (Å²) in [5.41, 5.74) is 7.80. The van der Waals surface area contributed by atoms with Gasteiger partial charge < -0.3 is 40.0 Å². The second-order valence-electron chi connectivity index (χ2n) is 18.1. The maximum absolute atomic E-state index is 14.1. The normalized spacial score (nSPS) is 17.2. The fourth-order valence-corrected chi connectivity index (χ4v) is 9.72. The number of carbonyl (C=O) groups excluding carboxylic acids is 4. The summed E-state index contributed by atoms with van der Waals surface area (Å²) in [4.78, 5) is 66.6. The van der Waals surface area contributed by atoms with Crippen molar-refractivity contribution in [2.24, 2.45) is 0 Å². The van der Waals surface area contributed by atoms with E-state index in [9.17, 15) is 28.7 Å². The van der Waals surface area contributed by atoms with Gasteiger partial charge in [-0.3, -0.25) is 14.5 Å². The number of methoxy groups -OCH3 is 1. The molecule has 1 aromatic heterocycles. The van der Waals surface area contributed by atoms with E-state index < -0.39 is 41.8 Å². The predicted octanol–water partition coefficient (Wildman–Crippen LogP) is 8.42. The largest absolute Gasteiger partial charge is 0.453 e. The lowest BCUT2D eigenvalue weighted by Gasteiger charge is -2.34. The number of alkyl carbamates (subject to hydrolysis) is 1. The number of fused-ring (bicyclic) bond motifs is 4. The molecule has 6 aromatic rings. The number of nitrogens with one attached hydrogen (secondary N) is 3. The Morgan fingerprint density at radius 1 is 0.851 bits per heavy atom. The zero-order chi connectivity index (χ0) is 46.8. The summed E-state index contributed by atoms with van der Waals surface area (Å²) < 4.78 is 24.8. The Morgan fingerprint density at radius 2 is 1.49 bits per heavy atom. The minimum absolute atomic E-state index is 0.0775. The van der Waals surface area contributed by atoms with E-state index in [0.29, 0.717) is 57.0 Å². The number of halogens is 1. The monoisotopic (exact) mass is 907 g/mol. The van der Waals surface area contributed by atoms with Crippen molar-refractivity contribution in [3.8, 4) is 11.1 Å². The van der Waals surface area contributed by atoms with E-state index in [-0.39, 0.29) is 24.2 Å². The first kappa shape index (κ1) is 44.9. The maximum Gasteiger partial charge on any atom is 0.410 e. The summed E-state index contributed by atoms with van der Waals surface area (Å²) in [7, 11) is 1.20. The van der Waals surface area contributed by atoms with Crippen LogP contribution in [0.1, 0.15) is 79.6 Å². The number of rotatable bonds is 13. The quantitative estimate of drug-likeness (QED) is 0.0889. The fourth-order valence-electron chi connectivity index (χ4n) is 9.72. The Balaban J connectivity index is 0.850. The van der Waals surface area contributed by atoms with Crippen LogP contribution in [0.4, 0.5) is 25.4 Å². The van der Waals surface area contributed by atoms with Crippen LogP contribution in [-0.4, -0.2) is 93.4 Å². The fraction of sp³-hybridized carbons (Fsp3) is 0.327. The predicted molar refractivity (Wildman–Crippen MR) is 252 cm³/mol. The number of anilines is 2.